The van der Waals surface area contributed by atoms with Crippen molar-refractivity contribution >= 4 is 5.91 Å². The molecule has 1 aromatic carbocycles. The zero-order valence-corrected chi connectivity index (χ0v) is 18.1. The van der Waals surface area contributed by atoms with E-state index in [0.717, 1.165) is 22.5 Å². The van der Waals surface area contributed by atoms with Crippen LogP contribution in [0.15, 0.2) is 73.2 Å². The lowest BCUT2D eigenvalue weighted by atomic mass is 10.2. The summed E-state index contributed by atoms with van der Waals surface area (Å²) in [5.41, 5.74) is 4.88. The van der Waals surface area contributed by atoms with Gasteiger partial charge in [-0.1, -0.05) is 18.2 Å². The molecule has 0 saturated carbocycles. The Morgan fingerprint density at radius 3 is 2.72 bits per heavy atom. The Hall–Kier alpha value is -4.18. The zero-order chi connectivity index (χ0) is 22.5. The predicted molar refractivity (Wildman–Crippen MR) is 122 cm³/mol. The van der Waals surface area contributed by atoms with Crippen LogP contribution in [0.25, 0.3) is 17.1 Å². The van der Waals surface area contributed by atoms with E-state index in [1.54, 1.807) is 22.0 Å². The number of rotatable bonds is 7. The third-order valence-corrected chi connectivity index (χ3v) is 5.26. The molecule has 3 heterocycles. The van der Waals surface area contributed by atoms with Crippen LogP contribution in [0, 0.1) is 18.3 Å². The summed E-state index contributed by atoms with van der Waals surface area (Å²) >= 11 is 0. The summed E-state index contributed by atoms with van der Waals surface area (Å²) in [7, 11) is 1.95. The summed E-state index contributed by atoms with van der Waals surface area (Å²) in [4.78, 5) is 19.6. The van der Waals surface area contributed by atoms with Crippen molar-refractivity contribution in [3.8, 4) is 23.1 Å². The van der Waals surface area contributed by atoms with Crippen molar-refractivity contribution in [2.45, 2.75) is 19.9 Å². The molecule has 0 aliphatic carbocycles. The number of aromatic nitrogens is 4. The number of amides is 1. The summed E-state index contributed by atoms with van der Waals surface area (Å²) in [5.74, 6) is -0.182. The van der Waals surface area contributed by atoms with E-state index in [-0.39, 0.29) is 12.3 Å². The minimum Gasteiger partial charge on any atom is -0.349 e. The molecule has 0 fully saturated rings. The third-order valence-electron chi connectivity index (χ3n) is 5.26. The highest BCUT2D eigenvalue weighted by atomic mass is 16.2. The van der Waals surface area contributed by atoms with Gasteiger partial charge in [-0.15, -0.1) is 0 Å². The number of aryl methyl sites for hydroxylation is 2. The second-order valence-electron chi connectivity index (χ2n) is 7.67. The van der Waals surface area contributed by atoms with Gasteiger partial charge in [0.05, 0.1) is 23.9 Å². The van der Waals surface area contributed by atoms with Crippen LogP contribution in [0.5, 0.6) is 0 Å². The molecular formula is C25H24N6O. The molecule has 7 nitrogen and oxygen atoms in total. The largest absolute Gasteiger partial charge is 0.349 e. The van der Waals surface area contributed by atoms with E-state index in [0.29, 0.717) is 24.5 Å². The SMILES string of the molecule is Cc1cccc(-n2nc(-c3cccn3C)cc2C(=O)N(CCC#N)Cc2cccnc2)c1. The minimum atomic E-state index is -0.182. The van der Waals surface area contributed by atoms with E-state index in [4.69, 9.17) is 10.4 Å². The predicted octanol–water partition coefficient (Wildman–Crippen LogP) is 4.14. The number of carbonyl (C=O) groups excluding carboxylic acids is 1. The van der Waals surface area contributed by atoms with E-state index in [1.807, 2.05) is 79.3 Å². The fraction of sp³-hybridized carbons (Fsp3) is 0.200. The van der Waals surface area contributed by atoms with E-state index in [1.165, 1.54) is 0 Å². The quantitative estimate of drug-likeness (QED) is 0.447. The molecule has 0 atom stereocenters. The summed E-state index contributed by atoms with van der Waals surface area (Å²) < 4.78 is 3.67. The fourth-order valence-electron chi connectivity index (χ4n) is 3.65. The number of hydrogen-bond acceptors (Lipinski definition) is 4. The first-order chi connectivity index (χ1) is 15.6. The maximum absolute atomic E-state index is 13.7. The summed E-state index contributed by atoms with van der Waals surface area (Å²) in [5, 5.41) is 13.9. The van der Waals surface area contributed by atoms with Gasteiger partial charge >= 0.3 is 0 Å². The zero-order valence-electron chi connectivity index (χ0n) is 18.1. The normalized spacial score (nSPS) is 10.7. The van der Waals surface area contributed by atoms with E-state index >= 15 is 0 Å². The molecule has 4 rings (SSSR count). The Morgan fingerprint density at radius 2 is 2.03 bits per heavy atom. The number of hydrogen-bond donors (Lipinski definition) is 0. The second kappa shape index (κ2) is 9.31. The maximum atomic E-state index is 13.7. The van der Waals surface area contributed by atoms with Gasteiger partial charge < -0.3 is 9.47 Å². The molecule has 0 unspecified atom stereocenters. The van der Waals surface area contributed by atoms with Crippen molar-refractivity contribution in [1.82, 2.24) is 24.2 Å². The molecule has 0 saturated heterocycles. The molecule has 7 heteroatoms. The van der Waals surface area contributed by atoms with Gasteiger partial charge in [0, 0.05) is 38.7 Å². The van der Waals surface area contributed by atoms with E-state index in [9.17, 15) is 4.79 Å². The molecule has 0 N–H and O–H groups in total. The monoisotopic (exact) mass is 424 g/mol. The highest BCUT2D eigenvalue weighted by Crippen LogP contribution is 2.24. The maximum Gasteiger partial charge on any atom is 0.272 e. The highest BCUT2D eigenvalue weighted by Gasteiger charge is 2.24. The molecule has 1 amide bonds. The standard InChI is InChI=1S/C25H24N6O/c1-19-7-3-9-21(15-19)31-24(16-22(28-31)23-10-5-13-29(23)2)25(32)30(14-6-11-26)18-20-8-4-12-27-17-20/h3-5,7-10,12-13,15-17H,6,14,18H2,1-2H3. The van der Waals surface area contributed by atoms with Crippen molar-refractivity contribution in [2.24, 2.45) is 7.05 Å². The first kappa shape index (κ1) is 21.1. The Kier molecular flexibility index (Phi) is 6.13. The fourth-order valence-corrected chi connectivity index (χ4v) is 3.65. The number of carbonyl (C=O) groups is 1. The Balaban J connectivity index is 1.78. The molecule has 0 spiro atoms. The highest BCUT2D eigenvalue weighted by molar-refractivity contribution is 5.94. The number of benzene rings is 1. The van der Waals surface area contributed by atoms with Crippen LogP contribution >= 0.6 is 0 Å². The van der Waals surface area contributed by atoms with Crippen LogP contribution in [0.3, 0.4) is 0 Å². The number of nitriles is 1. The first-order valence-electron chi connectivity index (χ1n) is 10.4. The summed E-state index contributed by atoms with van der Waals surface area (Å²) in [6, 6.07) is 19.5. The number of nitrogens with zero attached hydrogens (tertiary/aromatic N) is 6. The minimum absolute atomic E-state index is 0.182. The van der Waals surface area contributed by atoms with Gasteiger partial charge in [-0.3, -0.25) is 9.78 Å². The smallest absolute Gasteiger partial charge is 0.272 e. The van der Waals surface area contributed by atoms with E-state index in [2.05, 4.69) is 11.1 Å². The molecule has 0 aliphatic heterocycles. The van der Waals surface area contributed by atoms with Crippen LogP contribution in [0.2, 0.25) is 0 Å². The van der Waals surface area contributed by atoms with E-state index < -0.39 is 0 Å². The lowest BCUT2D eigenvalue weighted by Crippen LogP contribution is -2.33. The lowest BCUT2D eigenvalue weighted by Gasteiger charge is -2.22. The summed E-state index contributed by atoms with van der Waals surface area (Å²) in [6.07, 6.45) is 5.63. The van der Waals surface area contributed by atoms with Crippen LogP contribution in [0.4, 0.5) is 0 Å². The average Bonchev–Trinajstić information content (AvgIpc) is 3.43. The van der Waals surface area contributed by atoms with Crippen LogP contribution in [-0.4, -0.2) is 36.7 Å². The molecule has 0 bridgehead atoms. The van der Waals surface area contributed by atoms with Crippen molar-refractivity contribution in [3.05, 3.63) is 90.0 Å². The number of pyridine rings is 1. The van der Waals surface area contributed by atoms with Gasteiger partial charge in [-0.05, 0) is 54.4 Å². The molecule has 160 valence electrons. The van der Waals surface area contributed by atoms with Crippen molar-refractivity contribution in [2.75, 3.05) is 6.54 Å². The van der Waals surface area contributed by atoms with Crippen molar-refractivity contribution in [1.29, 1.82) is 5.26 Å². The second-order valence-corrected chi connectivity index (χ2v) is 7.67. The van der Waals surface area contributed by atoms with Gasteiger partial charge in [0.15, 0.2) is 0 Å². The Labute approximate surface area is 187 Å². The first-order valence-corrected chi connectivity index (χ1v) is 10.4. The summed E-state index contributed by atoms with van der Waals surface area (Å²) in [6.45, 7) is 2.70. The van der Waals surface area contributed by atoms with Crippen molar-refractivity contribution in [3.63, 3.8) is 0 Å². The van der Waals surface area contributed by atoms with Gasteiger partial charge in [0.1, 0.15) is 11.4 Å². The molecular weight excluding hydrogens is 400 g/mol. The van der Waals surface area contributed by atoms with Gasteiger partial charge in [-0.2, -0.15) is 10.4 Å². The van der Waals surface area contributed by atoms with Gasteiger partial charge in [0.2, 0.25) is 0 Å². The average molecular weight is 425 g/mol. The van der Waals surface area contributed by atoms with Crippen molar-refractivity contribution < 1.29 is 4.79 Å². The molecule has 32 heavy (non-hydrogen) atoms. The van der Waals surface area contributed by atoms with Crippen LogP contribution < -0.4 is 0 Å². The lowest BCUT2D eigenvalue weighted by molar-refractivity contribution is 0.0737. The molecule has 4 aromatic rings. The Morgan fingerprint density at radius 1 is 1.16 bits per heavy atom. The topological polar surface area (TPSA) is 79.7 Å². The van der Waals surface area contributed by atoms with Gasteiger partial charge in [0.25, 0.3) is 5.91 Å². The van der Waals surface area contributed by atoms with Crippen LogP contribution in [0.1, 0.15) is 28.0 Å². The molecule has 0 aliphatic rings. The molecule has 0 radical (unpaired) electrons. The molecule has 3 aromatic heterocycles. The van der Waals surface area contributed by atoms with Crippen LogP contribution in [-0.2, 0) is 13.6 Å². The third kappa shape index (κ3) is 4.44. The van der Waals surface area contributed by atoms with Gasteiger partial charge in [-0.25, -0.2) is 4.68 Å². The Bertz CT molecular complexity index is 1270.